The number of carbonyl (C=O) groups excluding carboxylic acids is 1. The molecule has 1 aromatic heterocycles. The highest BCUT2D eigenvalue weighted by atomic mass is 32.2. The molecule has 3 rings (SSSR count). The van der Waals surface area contributed by atoms with Crippen LogP contribution >= 0.6 is 23.1 Å². The summed E-state index contributed by atoms with van der Waals surface area (Å²) in [5.41, 5.74) is 3.45. The van der Waals surface area contributed by atoms with Gasteiger partial charge in [-0.05, 0) is 35.9 Å². The molecule has 0 N–H and O–H groups in total. The molecule has 0 aliphatic rings. The van der Waals surface area contributed by atoms with Gasteiger partial charge in [-0.1, -0.05) is 54.7 Å². The van der Waals surface area contributed by atoms with Crippen LogP contribution in [0.2, 0.25) is 0 Å². The first-order valence-corrected chi connectivity index (χ1v) is 10.6. The average Bonchev–Trinajstić information content (AvgIpc) is 2.97. The number of para-hydroxylation sites is 1. The van der Waals surface area contributed by atoms with Crippen LogP contribution in [-0.2, 0) is 24.2 Å². The van der Waals surface area contributed by atoms with Crippen molar-refractivity contribution in [1.82, 2.24) is 4.57 Å². The van der Waals surface area contributed by atoms with Gasteiger partial charge in [0.15, 0.2) is 4.80 Å². The minimum Gasteiger partial charge on any atom is -0.316 e. The van der Waals surface area contributed by atoms with Crippen molar-refractivity contribution in [3.63, 3.8) is 0 Å². The van der Waals surface area contributed by atoms with Gasteiger partial charge in [-0.2, -0.15) is 16.8 Å². The van der Waals surface area contributed by atoms with Crippen LogP contribution in [0, 0.1) is 0 Å². The van der Waals surface area contributed by atoms with E-state index in [0.717, 1.165) is 34.6 Å². The van der Waals surface area contributed by atoms with Gasteiger partial charge >= 0.3 is 0 Å². The summed E-state index contributed by atoms with van der Waals surface area (Å²) in [5, 5.41) is 0. The molecule has 0 saturated carbocycles. The molecule has 3 aromatic rings. The fourth-order valence-corrected chi connectivity index (χ4v) is 4.16. The molecular formula is C20H22N2OS2. The van der Waals surface area contributed by atoms with Crippen LogP contribution in [0.3, 0.4) is 0 Å². The Bertz CT molecular complexity index is 923. The normalized spacial score (nSPS) is 12.0. The van der Waals surface area contributed by atoms with Crippen molar-refractivity contribution >= 4 is 39.2 Å². The monoisotopic (exact) mass is 370 g/mol. The highest BCUT2D eigenvalue weighted by Gasteiger charge is 2.08. The lowest BCUT2D eigenvalue weighted by Crippen LogP contribution is -2.18. The van der Waals surface area contributed by atoms with Gasteiger partial charge in [-0.25, -0.2) is 0 Å². The van der Waals surface area contributed by atoms with Crippen LogP contribution < -0.4 is 4.80 Å². The number of rotatable bonds is 6. The Morgan fingerprint density at radius 3 is 2.56 bits per heavy atom. The van der Waals surface area contributed by atoms with E-state index in [1.54, 1.807) is 23.1 Å². The molecule has 130 valence electrons. The van der Waals surface area contributed by atoms with E-state index in [-0.39, 0.29) is 5.91 Å². The number of aromatic nitrogens is 1. The van der Waals surface area contributed by atoms with Crippen molar-refractivity contribution < 1.29 is 4.79 Å². The third kappa shape index (κ3) is 4.41. The predicted molar refractivity (Wildman–Crippen MR) is 108 cm³/mol. The number of fused-ring (bicyclic) bond motifs is 1. The summed E-state index contributed by atoms with van der Waals surface area (Å²) in [4.78, 5) is 17.7. The summed E-state index contributed by atoms with van der Waals surface area (Å²) in [6.45, 7) is 2.99. The molecule has 5 heteroatoms. The minimum absolute atomic E-state index is 0.0892. The van der Waals surface area contributed by atoms with Crippen molar-refractivity contribution in [2.75, 3.05) is 12.0 Å². The van der Waals surface area contributed by atoms with E-state index in [0.29, 0.717) is 6.42 Å². The van der Waals surface area contributed by atoms with Crippen molar-refractivity contribution in [1.29, 1.82) is 0 Å². The predicted octanol–water partition coefficient (Wildman–Crippen LogP) is 4.30. The zero-order valence-corrected chi connectivity index (χ0v) is 16.2. The molecule has 1 amide bonds. The molecular weight excluding hydrogens is 348 g/mol. The summed E-state index contributed by atoms with van der Waals surface area (Å²) >= 11 is 3.38. The Balaban J connectivity index is 1.89. The Morgan fingerprint density at radius 2 is 1.84 bits per heavy atom. The van der Waals surface area contributed by atoms with E-state index in [1.807, 2.05) is 24.3 Å². The van der Waals surface area contributed by atoms with Crippen molar-refractivity contribution in [3.8, 4) is 0 Å². The van der Waals surface area contributed by atoms with Gasteiger partial charge in [0.25, 0.3) is 5.91 Å². The second-order valence-corrected chi connectivity index (χ2v) is 7.84. The van der Waals surface area contributed by atoms with E-state index < -0.39 is 0 Å². The van der Waals surface area contributed by atoms with Crippen LogP contribution in [0.25, 0.3) is 10.2 Å². The number of amides is 1. The third-order valence-corrected chi connectivity index (χ3v) is 5.76. The molecule has 0 aliphatic carbocycles. The van der Waals surface area contributed by atoms with E-state index in [2.05, 4.69) is 47.0 Å². The molecule has 25 heavy (non-hydrogen) atoms. The Labute approximate surface area is 156 Å². The summed E-state index contributed by atoms with van der Waals surface area (Å²) in [7, 11) is 0. The van der Waals surface area contributed by atoms with E-state index in [1.165, 1.54) is 10.3 Å². The van der Waals surface area contributed by atoms with Crippen molar-refractivity contribution in [2.45, 2.75) is 26.3 Å². The molecule has 1 heterocycles. The maximum atomic E-state index is 12.5. The molecule has 0 bridgehead atoms. The third-order valence-electron chi connectivity index (χ3n) is 4.11. The average molecular weight is 371 g/mol. The van der Waals surface area contributed by atoms with Gasteiger partial charge < -0.3 is 4.57 Å². The van der Waals surface area contributed by atoms with E-state index in [9.17, 15) is 4.79 Å². The van der Waals surface area contributed by atoms with Crippen molar-refractivity contribution in [3.05, 3.63) is 64.5 Å². The highest BCUT2D eigenvalue weighted by Crippen LogP contribution is 2.17. The fourth-order valence-electron chi connectivity index (χ4n) is 2.72. The second kappa shape index (κ2) is 8.50. The highest BCUT2D eigenvalue weighted by molar-refractivity contribution is 7.98. The lowest BCUT2D eigenvalue weighted by Gasteiger charge is -2.03. The number of benzene rings is 2. The first-order valence-electron chi connectivity index (χ1n) is 8.44. The second-order valence-electron chi connectivity index (χ2n) is 5.85. The van der Waals surface area contributed by atoms with Crippen LogP contribution in [0.1, 0.15) is 18.1 Å². The van der Waals surface area contributed by atoms with Crippen LogP contribution in [0.5, 0.6) is 0 Å². The zero-order chi connectivity index (χ0) is 17.6. The Morgan fingerprint density at radius 1 is 1.12 bits per heavy atom. The summed E-state index contributed by atoms with van der Waals surface area (Å²) in [6.07, 6.45) is 3.45. The van der Waals surface area contributed by atoms with Gasteiger partial charge in [0, 0.05) is 12.3 Å². The summed E-state index contributed by atoms with van der Waals surface area (Å²) < 4.78 is 3.33. The maximum absolute atomic E-state index is 12.5. The van der Waals surface area contributed by atoms with Gasteiger partial charge in [0.2, 0.25) is 0 Å². The Kier molecular flexibility index (Phi) is 6.10. The van der Waals surface area contributed by atoms with Crippen LogP contribution in [0.15, 0.2) is 53.5 Å². The molecule has 0 spiro atoms. The van der Waals surface area contributed by atoms with Crippen LogP contribution in [-0.4, -0.2) is 22.5 Å². The summed E-state index contributed by atoms with van der Waals surface area (Å²) in [6, 6.07) is 16.5. The van der Waals surface area contributed by atoms with Gasteiger partial charge in [-0.15, -0.1) is 0 Å². The number of aryl methyl sites for hydroxylation is 2. The molecule has 0 fully saturated rings. The molecule has 0 saturated heterocycles. The van der Waals surface area contributed by atoms with Crippen molar-refractivity contribution in [2.24, 2.45) is 4.99 Å². The van der Waals surface area contributed by atoms with Gasteiger partial charge in [-0.3, -0.25) is 4.79 Å². The lowest BCUT2D eigenvalue weighted by molar-refractivity contribution is -0.117. The number of hydrogen-bond donors (Lipinski definition) is 0. The number of thiazole rings is 1. The van der Waals surface area contributed by atoms with E-state index >= 15 is 0 Å². The first kappa shape index (κ1) is 18.0. The largest absolute Gasteiger partial charge is 0.316 e. The van der Waals surface area contributed by atoms with Gasteiger partial charge in [0.1, 0.15) is 0 Å². The molecule has 3 nitrogen and oxygen atoms in total. The zero-order valence-electron chi connectivity index (χ0n) is 14.6. The molecule has 0 radical (unpaired) electrons. The number of nitrogens with zero attached hydrogens (tertiary/aromatic N) is 2. The number of hydrogen-bond acceptors (Lipinski definition) is 3. The number of carbonyl (C=O) groups is 1. The van der Waals surface area contributed by atoms with Gasteiger partial charge in [0.05, 0.1) is 16.6 Å². The quantitative estimate of drug-likeness (QED) is 0.648. The summed E-state index contributed by atoms with van der Waals surface area (Å²) in [5.74, 6) is 0.911. The fraction of sp³-hybridized carbons (Fsp3) is 0.300. The standard InChI is InChI=1S/C20H22N2OS2/c1-3-15-8-10-16(11-9-15)14-19(23)21-20-22(12-13-24-2)17-6-4-5-7-18(17)25-20/h4-11H,3,12-14H2,1-2H3. The Hall–Kier alpha value is -1.85. The first-order chi connectivity index (χ1) is 12.2. The molecule has 0 atom stereocenters. The smallest absolute Gasteiger partial charge is 0.252 e. The topological polar surface area (TPSA) is 34.4 Å². The minimum atomic E-state index is -0.0892. The lowest BCUT2D eigenvalue weighted by atomic mass is 10.1. The van der Waals surface area contributed by atoms with E-state index in [4.69, 9.17) is 0 Å². The maximum Gasteiger partial charge on any atom is 0.252 e. The molecule has 2 aromatic carbocycles. The SMILES string of the molecule is CCc1ccc(CC(=O)N=c2sc3ccccc3n2CCSC)cc1. The van der Waals surface area contributed by atoms with Crippen LogP contribution in [0.4, 0.5) is 0 Å². The molecule has 0 aliphatic heterocycles. The molecule has 0 unspecified atom stereocenters. The number of thioether (sulfide) groups is 1.